The zero-order valence-electron chi connectivity index (χ0n) is 15.5. The van der Waals surface area contributed by atoms with Crippen LogP contribution in [0, 0.1) is 5.92 Å². The summed E-state index contributed by atoms with van der Waals surface area (Å²) in [6, 6.07) is 8.70. The molecule has 2 aliphatic heterocycles. The molecule has 1 amide bonds. The summed E-state index contributed by atoms with van der Waals surface area (Å²) in [5.41, 5.74) is 8.08. The molecule has 5 nitrogen and oxygen atoms in total. The molecule has 2 heterocycles. The lowest BCUT2D eigenvalue weighted by atomic mass is 9.94. The van der Waals surface area contributed by atoms with Gasteiger partial charge in [-0.1, -0.05) is 18.2 Å². The van der Waals surface area contributed by atoms with Gasteiger partial charge in [0.05, 0.1) is 12.2 Å². The van der Waals surface area contributed by atoms with Gasteiger partial charge in [-0.25, -0.2) is 0 Å². The normalized spacial score (nSPS) is 28.1. The van der Waals surface area contributed by atoms with Gasteiger partial charge in [0.1, 0.15) is 0 Å². The van der Waals surface area contributed by atoms with Crippen molar-refractivity contribution in [3.05, 3.63) is 29.8 Å². The number of hydrogen-bond acceptors (Lipinski definition) is 4. The van der Waals surface area contributed by atoms with Gasteiger partial charge in [-0.2, -0.15) is 0 Å². The molecular weight excluding hydrogens is 314 g/mol. The highest BCUT2D eigenvalue weighted by molar-refractivity contribution is 5.74. The van der Waals surface area contributed by atoms with Gasteiger partial charge in [0.2, 0.25) is 5.91 Å². The number of piperidine rings is 1. The smallest absolute Gasteiger partial charge is 0.217 e. The Hall–Kier alpha value is -1.59. The lowest BCUT2D eigenvalue weighted by Gasteiger charge is -2.39. The molecule has 1 aromatic carbocycles. The van der Waals surface area contributed by atoms with Gasteiger partial charge in [-0.05, 0) is 50.8 Å². The topological polar surface area (TPSA) is 58.8 Å². The lowest BCUT2D eigenvalue weighted by molar-refractivity contribution is -0.119. The van der Waals surface area contributed by atoms with E-state index in [1.165, 1.54) is 11.3 Å². The van der Waals surface area contributed by atoms with E-state index in [1.807, 2.05) is 0 Å². The molecule has 3 atom stereocenters. The van der Waals surface area contributed by atoms with Gasteiger partial charge < -0.3 is 15.4 Å². The third-order valence-electron chi connectivity index (χ3n) is 5.24. The molecule has 138 valence electrons. The van der Waals surface area contributed by atoms with Crippen molar-refractivity contribution < 1.29 is 9.53 Å². The third-order valence-corrected chi connectivity index (χ3v) is 5.24. The molecule has 2 fully saturated rings. The first-order valence-corrected chi connectivity index (χ1v) is 9.50. The highest BCUT2D eigenvalue weighted by Crippen LogP contribution is 2.27. The Bertz CT molecular complexity index is 582. The molecule has 1 aromatic rings. The van der Waals surface area contributed by atoms with Crippen molar-refractivity contribution in [3.63, 3.8) is 0 Å². The standard InChI is InChI=1S/C20H31N3O2/c1-15-11-23(12-16(2)25-15)19-8-4-3-7-18(19)14-22-9-5-6-17(13-22)10-20(21)24/h3-4,7-8,15-17H,5-6,9-14H2,1-2H3,(H2,21,24). The third kappa shape index (κ3) is 4.95. The van der Waals surface area contributed by atoms with E-state index in [2.05, 4.69) is 47.9 Å². The highest BCUT2D eigenvalue weighted by Gasteiger charge is 2.26. The second kappa shape index (κ2) is 8.19. The van der Waals surface area contributed by atoms with E-state index in [-0.39, 0.29) is 18.1 Å². The van der Waals surface area contributed by atoms with Gasteiger partial charge >= 0.3 is 0 Å². The number of morpholine rings is 1. The number of carbonyl (C=O) groups excluding carboxylic acids is 1. The summed E-state index contributed by atoms with van der Waals surface area (Å²) in [5.74, 6) is 0.227. The van der Waals surface area contributed by atoms with Crippen LogP contribution in [0.5, 0.6) is 0 Å². The molecule has 0 bridgehead atoms. The van der Waals surface area contributed by atoms with Gasteiger partial charge in [0, 0.05) is 38.3 Å². The first-order chi connectivity index (χ1) is 12.0. The average Bonchev–Trinajstić information content (AvgIpc) is 2.54. The maximum absolute atomic E-state index is 11.2. The number of amides is 1. The van der Waals surface area contributed by atoms with Gasteiger partial charge in [0.25, 0.3) is 0 Å². The minimum absolute atomic E-state index is 0.177. The minimum Gasteiger partial charge on any atom is -0.372 e. The van der Waals surface area contributed by atoms with Crippen LogP contribution < -0.4 is 10.6 Å². The van der Waals surface area contributed by atoms with Crippen molar-refractivity contribution in [3.8, 4) is 0 Å². The first-order valence-electron chi connectivity index (χ1n) is 9.50. The van der Waals surface area contributed by atoms with Crippen LogP contribution in [0.3, 0.4) is 0 Å². The van der Waals surface area contributed by atoms with Crippen molar-refractivity contribution in [1.82, 2.24) is 4.90 Å². The number of nitrogens with two attached hydrogens (primary N) is 1. The molecule has 3 rings (SSSR count). The molecule has 2 saturated heterocycles. The van der Waals surface area contributed by atoms with Gasteiger partial charge in [-0.15, -0.1) is 0 Å². The van der Waals surface area contributed by atoms with Crippen molar-refractivity contribution in [2.45, 2.75) is 51.9 Å². The number of benzene rings is 1. The first kappa shape index (κ1) is 18.2. The monoisotopic (exact) mass is 345 g/mol. The van der Waals surface area contributed by atoms with Crippen molar-refractivity contribution in [2.24, 2.45) is 11.7 Å². The summed E-state index contributed by atoms with van der Waals surface area (Å²) < 4.78 is 5.88. The van der Waals surface area contributed by atoms with Gasteiger partial charge in [-0.3, -0.25) is 9.69 Å². The zero-order chi connectivity index (χ0) is 17.8. The summed E-state index contributed by atoms with van der Waals surface area (Å²) in [7, 11) is 0. The SMILES string of the molecule is CC1CN(c2ccccc2CN2CCCC(CC(N)=O)C2)CC(C)O1. The Kier molecular flexibility index (Phi) is 5.97. The largest absolute Gasteiger partial charge is 0.372 e. The van der Waals surface area contributed by atoms with Crippen LogP contribution in [0.4, 0.5) is 5.69 Å². The van der Waals surface area contributed by atoms with Crippen molar-refractivity contribution in [1.29, 1.82) is 0 Å². The molecular formula is C20H31N3O2. The summed E-state index contributed by atoms with van der Waals surface area (Å²) in [6.45, 7) is 9.16. The number of ether oxygens (including phenoxy) is 1. The molecule has 5 heteroatoms. The van der Waals surface area contributed by atoms with Crippen LogP contribution in [0.15, 0.2) is 24.3 Å². The average molecular weight is 345 g/mol. The molecule has 0 spiro atoms. The number of likely N-dealkylation sites (tertiary alicyclic amines) is 1. The van der Waals surface area contributed by atoms with E-state index in [9.17, 15) is 4.79 Å². The quantitative estimate of drug-likeness (QED) is 0.890. The second-order valence-corrected chi connectivity index (χ2v) is 7.70. The van der Waals surface area contributed by atoms with Crippen LogP contribution in [0.25, 0.3) is 0 Å². The van der Waals surface area contributed by atoms with Crippen LogP contribution in [0.2, 0.25) is 0 Å². The number of para-hydroxylation sites is 1. The van der Waals surface area contributed by atoms with E-state index in [1.54, 1.807) is 0 Å². The van der Waals surface area contributed by atoms with Crippen LogP contribution in [-0.2, 0) is 16.1 Å². The Balaban J connectivity index is 1.69. The fourth-order valence-corrected chi connectivity index (χ4v) is 4.31. The Morgan fingerprint density at radius 3 is 2.64 bits per heavy atom. The summed E-state index contributed by atoms with van der Waals surface area (Å²) in [5, 5.41) is 0. The molecule has 0 aromatic heterocycles. The van der Waals surface area contributed by atoms with Crippen LogP contribution in [-0.4, -0.2) is 49.2 Å². The maximum atomic E-state index is 11.2. The fourth-order valence-electron chi connectivity index (χ4n) is 4.31. The maximum Gasteiger partial charge on any atom is 0.217 e. The van der Waals surface area contributed by atoms with Crippen molar-refractivity contribution >= 4 is 11.6 Å². The Morgan fingerprint density at radius 2 is 1.92 bits per heavy atom. The van der Waals surface area contributed by atoms with Crippen molar-refractivity contribution in [2.75, 3.05) is 31.1 Å². The number of nitrogens with zero attached hydrogens (tertiary/aromatic N) is 2. The number of hydrogen-bond donors (Lipinski definition) is 1. The molecule has 2 aliphatic rings. The number of rotatable bonds is 5. The minimum atomic E-state index is -0.177. The van der Waals surface area contributed by atoms with Crippen LogP contribution >= 0.6 is 0 Å². The predicted octanol–water partition coefficient (Wildman–Crippen LogP) is 2.39. The fraction of sp³-hybridized carbons (Fsp3) is 0.650. The molecule has 3 unspecified atom stereocenters. The molecule has 2 N–H and O–H groups in total. The van der Waals surface area contributed by atoms with E-state index >= 15 is 0 Å². The van der Waals surface area contributed by atoms with Crippen LogP contribution in [0.1, 0.15) is 38.7 Å². The summed E-state index contributed by atoms with van der Waals surface area (Å²) >= 11 is 0. The number of anilines is 1. The molecule has 0 saturated carbocycles. The van der Waals surface area contributed by atoms with E-state index < -0.39 is 0 Å². The lowest BCUT2D eigenvalue weighted by Crippen LogP contribution is -2.46. The Labute approximate surface area is 151 Å². The zero-order valence-corrected chi connectivity index (χ0v) is 15.5. The second-order valence-electron chi connectivity index (χ2n) is 7.70. The van der Waals surface area contributed by atoms with E-state index in [0.717, 1.165) is 45.6 Å². The molecule has 25 heavy (non-hydrogen) atoms. The van der Waals surface area contributed by atoms with Gasteiger partial charge in [0.15, 0.2) is 0 Å². The predicted molar refractivity (Wildman–Crippen MR) is 100 cm³/mol. The number of primary amides is 1. The Morgan fingerprint density at radius 1 is 1.20 bits per heavy atom. The summed E-state index contributed by atoms with van der Waals surface area (Å²) in [4.78, 5) is 16.2. The highest BCUT2D eigenvalue weighted by atomic mass is 16.5. The van der Waals surface area contributed by atoms with E-state index in [0.29, 0.717) is 12.3 Å². The number of carbonyl (C=O) groups is 1. The summed E-state index contributed by atoms with van der Waals surface area (Å²) in [6.07, 6.45) is 3.28. The van der Waals surface area contributed by atoms with E-state index in [4.69, 9.17) is 10.5 Å². The molecule has 0 aliphatic carbocycles. The molecule has 0 radical (unpaired) electrons.